The highest BCUT2D eigenvalue weighted by Crippen LogP contribution is 2.29. The summed E-state index contributed by atoms with van der Waals surface area (Å²) in [5, 5.41) is 5.70. The minimum atomic E-state index is -0.812. The lowest BCUT2D eigenvalue weighted by molar-refractivity contribution is -0.154. The Hall–Kier alpha value is -2.28. The fraction of sp³-hybridized carbons (Fsp3) is 0.524. The molecule has 6 nitrogen and oxygen atoms in total. The number of carbonyl (C=O) groups is 2. The molecule has 150 valence electrons. The molecule has 0 bridgehead atoms. The molecule has 1 saturated carbocycles. The second-order valence-corrected chi connectivity index (χ2v) is 8.44. The van der Waals surface area contributed by atoms with Gasteiger partial charge in [-0.3, -0.25) is 14.6 Å². The summed E-state index contributed by atoms with van der Waals surface area (Å²) in [5.41, 5.74) is 1.55. The van der Waals surface area contributed by atoms with Gasteiger partial charge in [0.1, 0.15) is 5.01 Å². The predicted molar refractivity (Wildman–Crippen MR) is 109 cm³/mol. The zero-order valence-electron chi connectivity index (χ0n) is 16.6. The van der Waals surface area contributed by atoms with Crippen LogP contribution in [0.5, 0.6) is 0 Å². The van der Waals surface area contributed by atoms with Crippen molar-refractivity contribution in [2.45, 2.75) is 58.6 Å². The molecule has 0 unspecified atom stereocenters. The van der Waals surface area contributed by atoms with Crippen molar-refractivity contribution in [3.05, 3.63) is 35.6 Å². The van der Waals surface area contributed by atoms with E-state index < -0.39 is 12.1 Å². The van der Waals surface area contributed by atoms with E-state index >= 15 is 0 Å². The monoisotopic (exact) mass is 401 g/mol. The number of hydrogen-bond donors (Lipinski definition) is 1. The summed E-state index contributed by atoms with van der Waals surface area (Å²) in [6, 6.07) is 3.92. The van der Waals surface area contributed by atoms with Crippen molar-refractivity contribution in [2.24, 2.45) is 11.8 Å². The highest BCUT2D eigenvalue weighted by molar-refractivity contribution is 7.13. The topological polar surface area (TPSA) is 81.2 Å². The maximum Gasteiger partial charge on any atom is 0.312 e. The minimum Gasteiger partial charge on any atom is -0.452 e. The SMILES string of the molecule is C[C@@H]1[C@H](C)CCC[C@H]1NC(=O)[C@@H](C)OC(=O)Cc1csc(-c2cccnc2)n1. The Bertz CT molecular complexity index is 808. The van der Waals surface area contributed by atoms with Crippen molar-refractivity contribution < 1.29 is 14.3 Å². The first kappa shape index (κ1) is 20.5. The van der Waals surface area contributed by atoms with Crippen LogP contribution in [0.3, 0.4) is 0 Å². The molecule has 0 radical (unpaired) electrons. The molecule has 28 heavy (non-hydrogen) atoms. The van der Waals surface area contributed by atoms with Crippen molar-refractivity contribution >= 4 is 23.2 Å². The zero-order valence-corrected chi connectivity index (χ0v) is 17.4. The Morgan fingerprint density at radius 3 is 2.93 bits per heavy atom. The molecule has 3 rings (SSSR count). The number of ether oxygens (including phenoxy) is 1. The Morgan fingerprint density at radius 2 is 2.18 bits per heavy atom. The molecule has 2 aromatic rings. The van der Waals surface area contributed by atoms with Crippen LogP contribution in [-0.4, -0.2) is 34.0 Å². The summed E-state index contributed by atoms with van der Waals surface area (Å²) < 4.78 is 5.34. The number of pyridine rings is 1. The van der Waals surface area contributed by atoms with Gasteiger partial charge in [-0.2, -0.15) is 0 Å². The number of carbonyl (C=O) groups excluding carboxylic acids is 2. The third kappa shape index (κ3) is 5.16. The van der Waals surface area contributed by atoms with Crippen LogP contribution >= 0.6 is 11.3 Å². The van der Waals surface area contributed by atoms with Crippen LogP contribution in [0.4, 0.5) is 0 Å². The van der Waals surface area contributed by atoms with Crippen LogP contribution in [0.25, 0.3) is 10.6 Å². The lowest BCUT2D eigenvalue weighted by Gasteiger charge is -2.35. The normalized spacial score (nSPS) is 23.0. The van der Waals surface area contributed by atoms with Gasteiger partial charge in [0.05, 0.1) is 12.1 Å². The van der Waals surface area contributed by atoms with Crippen LogP contribution in [0, 0.1) is 11.8 Å². The molecule has 2 heterocycles. The van der Waals surface area contributed by atoms with Crippen molar-refractivity contribution in [2.75, 3.05) is 0 Å². The van der Waals surface area contributed by atoms with E-state index in [4.69, 9.17) is 4.74 Å². The van der Waals surface area contributed by atoms with Gasteiger partial charge in [-0.1, -0.05) is 26.7 Å². The van der Waals surface area contributed by atoms with Crippen molar-refractivity contribution in [1.82, 2.24) is 15.3 Å². The summed E-state index contributed by atoms with van der Waals surface area (Å²) >= 11 is 1.46. The van der Waals surface area contributed by atoms with Crippen molar-refractivity contribution in [1.29, 1.82) is 0 Å². The largest absolute Gasteiger partial charge is 0.452 e. The van der Waals surface area contributed by atoms with Gasteiger partial charge in [0.2, 0.25) is 0 Å². The predicted octanol–water partition coefficient (Wildman–Crippen LogP) is 3.62. The van der Waals surface area contributed by atoms with E-state index in [1.54, 1.807) is 19.3 Å². The summed E-state index contributed by atoms with van der Waals surface area (Å²) in [6.07, 6.45) is 5.98. The van der Waals surface area contributed by atoms with Gasteiger partial charge in [0.15, 0.2) is 6.10 Å². The Kier molecular flexibility index (Phi) is 6.78. The van der Waals surface area contributed by atoms with Crippen LogP contribution in [-0.2, 0) is 20.7 Å². The first-order valence-corrected chi connectivity index (χ1v) is 10.7. The number of esters is 1. The van der Waals surface area contributed by atoms with Crippen LogP contribution in [0.2, 0.25) is 0 Å². The van der Waals surface area contributed by atoms with Crippen LogP contribution in [0.15, 0.2) is 29.9 Å². The summed E-state index contributed by atoms with van der Waals surface area (Å²) in [5.74, 6) is 0.349. The molecule has 1 aliphatic carbocycles. The third-order valence-electron chi connectivity index (χ3n) is 5.50. The first-order chi connectivity index (χ1) is 13.4. The van der Waals surface area contributed by atoms with Gasteiger partial charge < -0.3 is 10.1 Å². The highest BCUT2D eigenvalue weighted by Gasteiger charge is 2.30. The summed E-state index contributed by atoms with van der Waals surface area (Å²) in [4.78, 5) is 33.2. The minimum absolute atomic E-state index is 0.0469. The average Bonchev–Trinajstić information content (AvgIpc) is 3.14. The van der Waals surface area contributed by atoms with E-state index in [0.29, 0.717) is 17.5 Å². The van der Waals surface area contributed by atoms with Gasteiger partial charge >= 0.3 is 5.97 Å². The molecular weight excluding hydrogens is 374 g/mol. The quantitative estimate of drug-likeness (QED) is 0.748. The fourth-order valence-corrected chi connectivity index (χ4v) is 4.35. The number of hydrogen-bond acceptors (Lipinski definition) is 6. The van der Waals surface area contributed by atoms with Crippen molar-refractivity contribution in [3.8, 4) is 10.6 Å². The molecule has 0 saturated heterocycles. The number of nitrogens with one attached hydrogen (secondary N) is 1. The lowest BCUT2D eigenvalue weighted by Crippen LogP contribution is -2.47. The fourth-order valence-electron chi connectivity index (χ4n) is 3.54. The van der Waals surface area contributed by atoms with E-state index in [1.807, 2.05) is 17.5 Å². The maximum absolute atomic E-state index is 12.4. The number of nitrogens with zero attached hydrogens (tertiary/aromatic N) is 2. The van der Waals surface area contributed by atoms with Crippen molar-refractivity contribution in [3.63, 3.8) is 0 Å². The second-order valence-electron chi connectivity index (χ2n) is 7.58. The van der Waals surface area contributed by atoms with E-state index in [1.165, 1.54) is 17.8 Å². The molecule has 1 fully saturated rings. The van der Waals surface area contributed by atoms with Crippen LogP contribution in [0.1, 0.15) is 45.7 Å². The zero-order chi connectivity index (χ0) is 20.1. The molecule has 4 atom stereocenters. The van der Waals surface area contributed by atoms with Gasteiger partial charge in [-0.05, 0) is 37.3 Å². The molecule has 1 N–H and O–H groups in total. The van der Waals surface area contributed by atoms with E-state index in [9.17, 15) is 9.59 Å². The number of thiazole rings is 1. The van der Waals surface area contributed by atoms with E-state index in [0.717, 1.165) is 23.4 Å². The Balaban J connectivity index is 1.50. The average molecular weight is 402 g/mol. The lowest BCUT2D eigenvalue weighted by atomic mass is 9.78. The third-order valence-corrected chi connectivity index (χ3v) is 6.44. The molecule has 0 spiro atoms. The smallest absolute Gasteiger partial charge is 0.312 e. The van der Waals surface area contributed by atoms with E-state index in [-0.39, 0.29) is 18.4 Å². The maximum atomic E-state index is 12.4. The van der Waals surface area contributed by atoms with Gasteiger partial charge in [-0.25, -0.2) is 4.98 Å². The molecule has 7 heteroatoms. The Morgan fingerprint density at radius 1 is 1.36 bits per heavy atom. The number of aromatic nitrogens is 2. The molecule has 0 aliphatic heterocycles. The van der Waals surface area contributed by atoms with Gasteiger partial charge in [0.25, 0.3) is 5.91 Å². The first-order valence-electron chi connectivity index (χ1n) is 9.78. The van der Waals surface area contributed by atoms with Crippen LogP contribution < -0.4 is 5.32 Å². The molecule has 2 aromatic heterocycles. The van der Waals surface area contributed by atoms with Gasteiger partial charge in [-0.15, -0.1) is 11.3 Å². The van der Waals surface area contributed by atoms with E-state index in [2.05, 4.69) is 29.1 Å². The Labute approximate surface area is 169 Å². The summed E-state index contributed by atoms with van der Waals surface area (Å²) in [6.45, 7) is 6.01. The molecule has 1 amide bonds. The molecular formula is C21H27N3O3S. The molecule has 1 aliphatic rings. The number of amides is 1. The van der Waals surface area contributed by atoms with Gasteiger partial charge in [0, 0.05) is 29.4 Å². The standard InChI is InChI=1S/C21H27N3O3S/c1-13-6-4-8-18(14(13)2)24-20(26)15(3)27-19(25)10-17-12-28-21(23-17)16-7-5-9-22-11-16/h5,7,9,11-15,18H,4,6,8,10H2,1-3H3,(H,24,26)/t13-,14-,15-,18-/m1/s1. The number of rotatable bonds is 6. The highest BCUT2D eigenvalue weighted by atomic mass is 32.1. The molecule has 0 aromatic carbocycles. The second kappa shape index (κ2) is 9.28. The summed E-state index contributed by atoms with van der Waals surface area (Å²) in [7, 11) is 0.